The van der Waals surface area contributed by atoms with Crippen LogP contribution in [0.1, 0.15) is 44.2 Å². The third kappa shape index (κ3) is 2.04. The summed E-state index contributed by atoms with van der Waals surface area (Å²) in [5.74, 6) is 0. The van der Waals surface area contributed by atoms with Crippen LogP contribution in [0, 0.1) is 0 Å². The Morgan fingerprint density at radius 1 is 1.24 bits per heavy atom. The molecule has 0 amide bonds. The molecule has 1 nitrogen and oxygen atoms in total. The maximum Gasteiger partial charge on any atom is 0.0326 e. The van der Waals surface area contributed by atoms with Gasteiger partial charge in [0, 0.05) is 18.6 Å². The molecule has 3 rings (SSSR count). The number of benzene rings is 1. The van der Waals surface area contributed by atoms with Gasteiger partial charge in [0.2, 0.25) is 0 Å². The summed E-state index contributed by atoms with van der Waals surface area (Å²) < 4.78 is 0. The Balaban J connectivity index is 1.81. The molecule has 0 radical (unpaired) electrons. The predicted octanol–water partition coefficient (Wildman–Crippen LogP) is 3.93. The average molecular weight is 227 g/mol. The number of hydrogen-bond donors (Lipinski definition) is 0. The van der Waals surface area contributed by atoms with Gasteiger partial charge in [-0.05, 0) is 38.2 Å². The first-order valence-corrected chi connectivity index (χ1v) is 6.86. The van der Waals surface area contributed by atoms with E-state index in [1.807, 2.05) is 0 Å². The molecule has 0 N–H and O–H groups in total. The largest absolute Gasteiger partial charge is 0.290 e. The molecule has 0 aromatic heterocycles. The second kappa shape index (κ2) is 4.66. The fourth-order valence-corrected chi connectivity index (χ4v) is 3.37. The zero-order valence-electron chi connectivity index (χ0n) is 10.6. The number of allylic oxidation sites excluding steroid dienone is 1. The van der Waals surface area contributed by atoms with Gasteiger partial charge in [-0.1, -0.05) is 42.0 Å². The highest BCUT2D eigenvalue weighted by atomic mass is 15.2. The quantitative estimate of drug-likeness (QED) is 0.692. The molecule has 2 aliphatic rings. The highest BCUT2D eigenvalue weighted by Crippen LogP contribution is 2.37. The van der Waals surface area contributed by atoms with Crippen molar-refractivity contribution in [3.63, 3.8) is 0 Å². The Hall–Kier alpha value is -1.08. The van der Waals surface area contributed by atoms with E-state index in [1.165, 1.54) is 37.8 Å². The summed E-state index contributed by atoms with van der Waals surface area (Å²) >= 11 is 0. The summed E-state index contributed by atoms with van der Waals surface area (Å²) in [5.41, 5.74) is 3.17. The minimum absolute atomic E-state index is 0.560. The first kappa shape index (κ1) is 11.0. The van der Waals surface area contributed by atoms with E-state index < -0.39 is 0 Å². The molecule has 1 aromatic carbocycles. The topological polar surface area (TPSA) is 3.24 Å². The molecule has 1 aliphatic heterocycles. The van der Waals surface area contributed by atoms with Crippen molar-refractivity contribution in [3.8, 4) is 0 Å². The van der Waals surface area contributed by atoms with Crippen molar-refractivity contribution >= 4 is 0 Å². The van der Waals surface area contributed by atoms with Crippen LogP contribution in [0.3, 0.4) is 0 Å². The van der Waals surface area contributed by atoms with Crippen LogP contribution in [0.5, 0.6) is 0 Å². The van der Waals surface area contributed by atoms with E-state index in [4.69, 9.17) is 0 Å². The molecule has 1 aliphatic carbocycles. The number of rotatable bonds is 2. The number of hydrogen-bond acceptors (Lipinski definition) is 1. The highest BCUT2D eigenvalue weighted by Gasteiger charge is 2.33. The van der Waals surface area contributed by atoms with Crippen molar-refractivity contribution in [3.05, 3.63) is 47.5 Å². The lowest BCUT2D eigenvalue weighted by Gasteiger charge is -2.32. The Labute approximate surface area is 104 Å². The van der Waals surface area contributed by atoms with E-state index in [0.29, 0.717) is 6.04 Å². The molecule has 2 atom stereocenters. The van der Waals surface area contributed by atoms with Gasteiger partial charge in [0.15, 0.2) is 0 Å². The Morgan fingerprint density at radius 2 is 2.06 bits per heavy atom. The fraction of sp³-hybridized carbons (Fsp3) is 0.500. The fourth-order valence-electron chi connectivity index (χ4n) is 3.37. The van der Waals surface area contributed by atoms with Gasteiger partial charge in [-0.2, -0.15) is 0 Å². The second-order valence-corrected chi connectivity index (χ2v) is 5.30. The SMILES string of the molecule is C[C@H](c1ccccc1)N1CCC2=CCCC[C@H]21. The van der Waals surface area contributed by atoms with Crippen molar-refractivity contribution in [1.29, 1.82) is 0 Å². The molecular weight excluding hydrogens is 206 g/mol. The zero-order valence-corrected chi connectivity index (χ0v) is 10.6. The second-order valence-electron chi connectivity index (χ2n) is 5.30. The van der Waals surface area contributed by atoms with E-state index in [2.05, 4.69) is 48.2 Å². The van der Waals surface area contributed by atoms with Gasteiger partial charge < -0.3 is 0 Å². The van der Waals surface area contributed by atoms with Crippen LogP contribution in [0.15, 0.2) is 42.0 Å². The van der Waals surface area contributed by atoms with Crippen molar-refractivity contribution in [2.24, 2.45) is 0 Å². The van der Waals surface area contributed by atoms with Gasteiger partial charge in [0.1, 0.15) is 0 Å². The lowest BCUT2D eigenvalue weighted by atomic mass is 9.94. The highest BCUT2D eigenvalue weighted by molar-refractivity contribution is 5.24. The molecule has 1 heterocycles. The van der Waals surface area contributed by atoms with Crippen molar-refractivity contribution in [1.82, 2.24) is 4.90 Å². The van der Waals surface area contributed by atoms with Crippen LogP contribution in [0.25, 0.3) is 0 Å². The Morgan fingerprint density at radius 3 is 2.88 bits per heavy atom. The summed E-state index contributed by atoms with van der Waals surface area (Å²) in [4.78, 5) is 2.69. The third-order valence-corrected chi connectivity index (χ3v) is 4.35. The standard InChI is InChI=1S/C16H21N/c1-13(14-7-3-2-4-8-14)17-12-11-15-9-5-6-10-16(15)17/h2-4,7-9,13,16H,5-6,10-12H2,1H3/t13-,16-/m1/s1. The van der Waals surface area contributed by atoms with Gasteiger partial charge in [0.25, 0.3) is 0 Å². The van der Waals surface area contributed by atoms with Gasteiger partial charge in [-0.25, -0.2) is 0 Å². The average Bonchev–Trinajstić information content (AvgIpc) is 2.83. The summed E-state index contributed by atoms with van der Waals surface area (Å²) in [6, 6.07) is 12.2. The molecular formula is C16H21N. The monoisotopic (exact) mass is 227 g/mol. The molecule has 1 aromatic rings. The van der Waals surface area contributed by atoms with E-state index in [9.17, 15) is 0 Å². The van der Waals surface area contributed by atoms with Crippen molar-refractivity contribution in [2.75, 3.05) is 6.54 Å². The molecule has 1 saturated heterocycles. The van der Waals surface area contributed by atoms with Gasteiger partial charge >= 0.3 is 0 Å². The number of fused-ring (bicyclic) bond motifs is 1. The van der Waals surface area contributed by atoms with Crippen molar-refractivity contribution < 1.29 is 0 Å². The van der Waals surface area contributed by atoms with Crippen LogP contribution < -0.4 is 0 Å². The molecule has 1 fully saturated rings. The molecule has 17 heavy (non-hydrogen) atoms. The molecule has 1 heteroatoms. The van der Waals surface area contributed by atoms with Crippen LogP contribution in [0.2, 0.25) is 0 Å². The van der Waals surface area contributed by atoms with Gasteiger partial charge in [0.05, 0.1) is 0 Å². The summed E-state index contributed by atoms with van der Waals surface area (Å²) in [6.07, 6.45) is 7.82. The van der Waals surface area contributed by atoms with Gasteiger partial charge in [-0.15, -0.1) is 0 Å². The third-order valence-electron chi connectivity index (χ3n) is 4.35. The minimum Gasteiger partial charge on any atom is -0.290 e. The molecule has 0 spiro atoms. The minimum atomic E-state index is 0.560. The molecule has 0 bridgehead atoms. The summed E-state index contributed by atoms with van der Waals surface area (Å²) in [6.45, 7) is 3.60. The smallest absolute Gasteiger partial charge is 0.0326 e. The lowest BCUT2D eigenvalue weighted by Crippen LogP contribution is -2.33. The normalized spacial score (nSPS) is 26.4. The summed E-state index contributed by atoms with van der Waals surface area (Å²) in [7, 11) is 0. The first-order valence-electron chi connectivity index (χ1n) is 6.86. The van der Waals surface area contributed by atoms with Crippen LogP contribution >= 0.6 is 0 Å². The lowest BCUT2D eigenvalue weighted by molar-refractivity contribution is 0.192. The predicted molar refractivity (Wildman–Crippen MR) is 71.9 cm³/mol. The number of likely N-dealkylation sites (tertiary alicyclic amines) is 1. The molecule has 0 saturated carbocycles. The number of nitrogens with zero attached hydrogens (tertiary/aromatic N) is 1. The molecule has 0 unspecified atom stereocenters. The maximum atomic E-state index is 2.69. The van der Waals surface area contributed by atoms with Gasteiger partial charge in [-0.3, -0.25) is 4.90 Å². The van der Waals surface area contributed by atoms with E-state index in [0.717, 1.165) is 6.04 Å². The maximum absolute atomic E-state index is 2.69. The summed E-state index contributed by atoms with van der Waals surface area (Å²) in [5, 5.41) is 0. The van der Waals surface area contributed by atoms with E-state index in [1.54, 1.807) is 5.57 Å². The van der Waals surface area contributed by atoms with Crippen LogP contribution in [-0.2, 0) is 0 Å². The van der Waals surface area contributed by atoms with E-state index >= 15 is 0 Å². The van der Waals surface area contributed by atoms with E-state index in [-0.39, 0.29) is 0 Å². The Bertz CT molecular complexity index is 407. The first-order chi connectivity index (χ1) is 8.36. The Kier molecular flexibility index (Phi) is 3.02. The zero-order chi connectivity index (χ0) is 11.7. The van der Waals surface area contributed by atoms with Crippen LogP contribution in [-0.4, -0.2) is 17.5 Å². The van der Waals surface area contributed by atoms with Crippen LogP contribution in [0.4, 0.5) is 0 Å². The molecule has 90 valence electrons. The van der Waals surface area contributed by atoms with Crippen molar-refractivity contribution in [2.45, 2.75) is 44.7 Å².